The molecule has 2 aromatic carbocycles. The minimum Gasteiger partial charge on any atom is -0.398 e. The smallest absolute Gasteiger partial charge is 0.141 e. The van der Waals surface area contributed by atoms with Crippen LogP contribution in [0.3, 0.4) is 0 Å². The van der Waals surface area contributed by atoms with Crippen LogP contribution in [0.25, 0.3) is 10.9 Å². The zero-order valence-corrected chi connectivity index (χ0v) is 12.5. The Morgan fingerprint density at radius 2 is 2.00 bits per heavy atom. The Morgan fingerprint density at radius 1 is 1.19 bits per heavy atom. The minimum atomic E-state index is -0.308. The molecule has 0 atom stereocenters. The summed E-state index contributed by atoms with van der Waals surface area (Å²) in [6.07, 6.45) is 1.67. The number of aryl methyl sites for hydroxylation is 1. The average molecular weight is 298 g/mol. The Bertz CT molecular complexity index is 802. The zero-order chi connectivity index (χ0) is 14.8. The summed E-state index contributed by atoms with van der Waals surface area (Å²) >= 11 is 1.46. The molecule has 1 aromatic heterocycles. The minimum absolute atomic E-state index is 0.308. The van der Waals surface area contributed by atoms with Crippen molar-refractivity contribution in [1.82, 2.24) is 4.98 Å². The van der Waals surface area contributed by atoms with Crippen LogP contribution in [-0.4, -0.2) is 4.98 Å². The number of thioether (sulfide) groups is 1. The summed E-state index contributed by atoms with van der Waals surface area (Å²) in [4.78, 5) is 4.86. The molecule has 0 aliphatic rings. The summed E-state index contributed by atoms with van der Waals surface area (Å²) in [5.41, 5.74) is 9.33. The van der Waals surface area contributed by atoms with Gasteiger partial charge in [0.2, 0.25) is 0 Å². The van der Waals surface area contributed by atoms with Crippen LogP contribution in [-0.2, 0) is 5.75 Å². The number of fused-ring (bicyclic) bond motifs is 1. The van der Waals surface area contributed by atoms with Crippen LogP contribution in [0.15, 0.2) is 53.6 Å². The monoisotopic (exact) mass is 298 g/mol. The van der Waals surface area contributed by atoms with Crippen LogP contribution >= 0.6 is 11.8 Å². The lowest BCUT2D eigenvalue weighted by Crippen LogP contribution is -1.95. The number of rotatable bonds is 3. The van der Waals surface area contributed by atoms with Crippen molar-refractivity contribution in [3.8, 4) is 0 Å². The van der Waals surface area contributed by atoms with Gasteiger partial charge in [0.15, 0.2) is 0 Å². The third-order valence-electron chi connectivity index (χ3n) is 3.47. The number of nitrogens with two attached hydrogens (primary N) is 1. The number of hydrogen-bond acceptors (Lipinski definition) is 3. The topological polar surface area (TPSA) is 38.9 Å². The van der Waals surface area contributed by atoms with E-state index in [1.807, 2.05) is 24.3 Å². The maximum absolute atomic E-state index is 14.2. The maximum Gasteiger partial charge on any atom is 0.141 e. The van der Waals surface area contributed by atoms with Gasteiger partial charge in [-0.15, -0.1) is 11.8 Å². The predicted molar refractivity (Wildman–Crippen MR) is 86.9 cm³/mol. The van der Waals surface area contributed by atoms with Gasteiger partial charge in [-0.2, -0.15) is 0 Å². The second-order valence-electron chi connectivity index (χ2n) is 4.89. The molecule has 0 aliphatic carbocycles. The molecule has 0 saturated carbocycles. The largest absolute Gasteiger partial charge is 0.398 e. The molecule has 0 unspecified atom stereocenters. The van der Waals surface area contributed by atoms with Gasteiger partial charge in [-0.25, -0.2) is 4.39 Å². The van der Waals surface area contributed by atoms with Crippen molar-refractivity contribution < 1.29 is 4.39 Å². The van der Waals surface area contributed by atoms with E-state index in [0.717, 1.165) is 5.39 Å². The molecule has 0 fully saturated rings. The van der Waals surface area contributed by atoms with Crippen LogP contribution < -0.4 is 5.73 Å². The van der Waals surface area contributed by atoms with Crippen molar-refractivity contribution in [2.45, 2.75) is 17.6 Å². The molecule has 0 radical (unpaired) electrons. The fraction of sp³-hybridized carbons (Fsp3) is 0.118. The van der Waals surface area contributed by atoms with Crippen molar-refractivity contribution in [2.24, 2.45) is 0 Å². The summed E-state index contributed by atoms with van der Waals surface area (Å²) in [6.45, 7) is 2.06. The molecule has 3 aromatic rings. The van der Waals surface area contributed by atoms with E-state index >= 15 is 0 Å². The van der Waals surface area contributed by atoms with Gasteiger partial charge in [0.25, 0.3) is 0 Å². The van der Waals surface area contributed by atoms with Crippen molar-refractivity contribution in [3.63, 3.8) is 0 Å². The second kappa shape index (κ2) is 5.74. The number of benzene rings is 2. The second-order valence-corrected chi connectivity index (χ2v) is 5.88. The molecular weight excluding hydrogens is 283 g/mol. The Morgan fingerprint density at radius 3 is 2.81 bits per heavy atom. The molecule has 2 N–H and O–H groups in total. The van der Waals surface area contributed by atoms with Crippen LogP contribution in [0.5, 0.6) is 0 Å². The van der Waals surface area contributed by atoms with E-state index in [1.54, 1.807) is 6.20 Å². The molecule has 2 nitrogen and oxygen atoms in total. The molecule has 21 heavy (non-hydrogen) atoms. The van der Waals surface area contributed by atoms with E-state index < -0.39 is 0 Å². The number of aromatic nitrogens is 1. The highest BCUT2D eigenvalue weighted by Gasteiger charge is 2.13. The fourth-order valence-electron chi connectivity index (χ4n) is 2.27. The third kappa shape index (κ3) is 2.72. The predicted octanol–water partition coefficient (Wildman–Crippen LogP) is 4.56. The van der Waals surface area contributed by atoms with Gasteiger partial charge in [-0.1, -0.05) is 24.3 Å². The zero-order valence-electron chi connectivity index (χ0n) is 11.6. The van der Waals surface area contributed by atoms with E-state index in [4.69, 9.17) is 5.73 Å². The summed E-state index contributed by atoms with van der Waals surface area (Å²) < 4.78 is 14.2. The number of halogens is 1. The van der Waals surface area contributed by atoms with E-state index in [-0.39, 0.29) is 5.82 Å². The summed E-state index contributed by atoms with van der Waals surface area (Å²) in [7, 11) is 0. The maximum atomic E-state index is 14.2. The standard InChI is InChI=1S/C17H15FN2S/c1-11-5-2-3-6-12(11)10-21-17-14(18)9-15(19)13-7-4-8-20-16(13)17/h2-9H,10,19H2,1H3. The van der Waals surface area contributed by atoms with E-state index in [0.29, 0.717) is 21.9 Å². The van der Waals surface area contributed by atoms with Gasteiger partial charge in [0, 0.05) is 23.0 Å². The van der Waals surface area contributed by atoms with Gasteiger partial charge in [0.05, 0.1) is 10.4 Å². The van der Waals surface area contributed by atoms with Gasteiger partial charge < -0.3 is 5.73 Å². The Balaban J connectivity index is 1.99. The first kappa shape index (κ1) is 13.9. The number of nitrogens with zero attached hydrogens (tertiary/aromatic N) is 1. The summed E-state index contributed by atoms with van der Waals surface area (Å²) in [6, 6.07) is 13.2. The van der Waals surface area contributed by atoms with Gasteiger partial charge in [-0.05, 0) is 36.2 Å². The van der Waals surface area contributed by atoms with Crippen LogP contribution in [0.1, 0.15) is 11.1 Å². The highest BCUT2D eigenvalue weighted by Crippen LogP contribution is 2.34. The number of hydrogen-bond donors (Lipinski definition) is 1. The SMILES string of the molecule is Cc1ccccc1CSc1c(F)cc(N)c2cccnc12. The molecule has 0 amide bonds. The van der Waals surface area contributed by atoms with Crippen molar-refractivity contribution in [1.29, 1.82) is 0 Å². The van der Waals surface area contributed by atoms with Gasteiger partial charge in [0.1, 0.15) is 5.82 Å². The molecule has 3 rings (SSSR count). The number of anilines is 1. The van der Waals surface area contributed by atoms with Crippen molar-refractivity contribution >= 4 is 28.4 Å². The Labute approximate surface area is 127 Å². The molecule has 0 aliphatic heterocycles. The first-order chi connectivity index (χ1) is 10.2. The molecule has 106 valence electrons. The summed E-state index contributed by atoms with van der Waals surface area (Å²) in [5, 5.41) is 0.797. The third-order valence-corrected chi connectivity index (χ3v) is 4.60. The fourth-order valence-corrected chi connectivity index (χ4v) is 3.39. The lowest BCUT2D eigenvalue weighted by atomic mass is 10.1. The lowest BCUT2D eigenvalue weighted by molar-refractivity contribution is 0.605. The molecule has 4 heteroatoms. The van der Waals surface area contributed by atoms with Crippen LogP contribution in [0.2, 0.25) is 0 Å². The Hall–Kier alpha value is -2.07. The molecule has 0 bridgehead atoms. The average Bonchev–Trinajstić information content (AvgIpc) is 2.49. The number of nitrogen functional groups attached to an aromatic ring is 1. The molecule has 0 spiro atoms. The summed E-state index contributed by atoms with van der Waals surface area (Å²) in [5.74, 6) is 0.399. The normalized spacial score (nSPS) is 11.0. The first-order valence-electron chi connectivity index (χ1n) is 6.67. The molecule has 0 saturated heterocycles. The van der Waals surface area contributed by atoms with E-state index in [9.17, 15) is 4.39 Å². The lowest BCUT2D eigenvalue weighted by Gasteiger charge is -2.10. The van der Waals surface area contributed by atoms with Crippen molar-refractivity contribution in [3.05, 3.63) is 65.6 Å². The molecule has 1 heterocycles. The van der Waals surface area contributed by atoms with Crippen LogP contribution in [0, 0.1) is 12.7 Å². The van der Waals surface area contributed by atoms with Crippen LogP contribution in [0.4, 0.5) is 10.1 Å². The quantitative estimate of drug-likeness (QED) is 0.569. The van der Waals surface area contributed by atoms with Crippen molar-refractivity contribution in [2.75, 3.05) is 5.73 Å². The van der Waals surface area contributed by atoms with Gasteiger partial charge >= 0.3 is 0 Å². The highest BCUT2D eigenvalue weighted by atomic mass is 32.2. The molecular formula is C17H15FN2S. The van der Waals surface area contributed by atoms with E-state index in [1.165, 1.54) is 29.0 Å². The van der Waals surface area contributed by atoms with Gasteiger partial charge in [-0.3, -0.25) is 4.98 Å². The first-order valence-corrected chi connectivity index (χ1v) is 7.65. The van der Waals surface area contributed by atoms with E-state index in [2.05, 4.69) is 24.0 Å². The highest BCUT2D eigenvalue weighted by molar-refractivity contribution is 7.98. The Kier molecular flexibility index (Phi) is 3.80. The number of pyridine rings is 1.